The summed E-state index contributed by atoms with van der Waals surface area (Å²) in [5.74, 6) is -0.976. The Balaban J connectivity index is 4.16. The molecular formula is C10H19N3O4S. The Bertz CT molecular complexity index is 311. The number of nitrogens with one attached hydrogen (secondary N) is 2. The highest BCUT2D eigenvalue weighted by Gasteiger charge is 2.20. The minimum absolute atomic E-state index is 0.00989. The summed E-state index contributed by atoms with van der Waals surface area (Å²) >= 11 is 1.50. The molecule has 0 saturated heterocycles. The largest absolute Gasteiger partial charge is 0.480 e. The Morgan fingerprint density at radius 1 is 1.33 bits per heavy atom. The van der Waals surface area contributed by atoms with Gasteiger partial charge in [-0.3, -0.25) is 4.79 Å². The maximum atomic E-state index is 11.5. The van der Waals surface area contributed by atoms with E-state index < -0.39 is 30.0 Å². The molecule has 0 aliphatic heterocycles. The van der Waals surface area contributed by atoms with E-state index in [0.29, 0.717) is 12.2 Å². The number of hydrogen-bond donors (Lipinski definition) is 4. The Kier molecular flexibility index (Phi) is 7.93. The van der Waals surface area contributed by atoms with Crippen LogP contribution in [0.1, 0.15) is 19.8 Å². The van der Waals surface area contributed by atoms with E-state index in [2.05, 4.69) is 10.6 Å². The summed E-state index contributed by atoms with van der Waals surface area (Å²) in [6.07, 6.45) is 2.21. The highest BCUT2D eigenvalue weighted by atomic mass is 32.2. The van der Waals surface area contributed by atoms with Crippen LogP contribution < -0.4 is 16.4 Å². The molecule has 0 rings (SSSR count). The summed E-state index contributed by atoms with van der Waals surface area (Å²) in [6.45, 7) is 1.61. The maximum Gasteiger partial charge on any atom is 0.326 e. The van der Waals surface area contributed by atoms with Gasteiger partial charge in [0.25, 0.3) is 0 Å². The fraction of sp³-hybridized carbons (Fsp3) is 0.700. The zero-order valence-corrected chi connectivity index (χ0v) is 11.3. The van der Waals surface area contributed by atoms with Gasteiger partial charge >= 0.3 is 12.0 Å². The van der Waals surface area contributed by atoms with Gasteiger partial charge in [-0.25, -0.2) is 9.59 Å². The van der Waals surface area contributed by atoms with Crippen molar-refractivity contribution in [3.05, 3.63) is 0 Å². The minimum atomic E-state index is -1.08. The Morgan fingerprint density at radius 3 is 2.39 bits per heavy atom. The molecule has 0 heterocycles. The van der Waals surface area contributed by atoms with E-state index in [4.69, 9.17) is 10.8 Å². The molecule has 104 valence electrons. The molecule has 0 saturated carbocycles. The number of urea groups is 1. The molecule has 3 amide bonds. The number of hydrogen-bond acceptors (Lipinski definition) is 4. The van der Waals surface area contributed by atoms with Gasteiger partial charge in [0, 0.05) is 12.5 Å². The summed E-state index contributed by atoms with van der Waals surface area (Å²) in [5, 5.41) is 13.7. The molecule has 0 aromatic rings. The number of carbonyl (C=O) groups excluding carboxylic acids is 2. The van der Waals surface area contributed by atoms with E-state index in [0.717, 1.165) is 0 Å². The van der Waals surface area contributed by atoms with Crippen LogP contribution in [0.15, 0.2) is 0 Å². The lowest BCUT2D eigenvalue weighted by Crippen LogP contribution is -2.49. The molecule has 0 spiro atoms. The lowest BCUT2D eigenvalue weighted by atomic mass is 10.2. The van der Waals surface area contributed by atoms with Crippen molar-refractivity contribution < 1.29 is 19.5 Å². The van der Waals surface area contributed by atoms with Gasteiger partial charge < -0.3 is 21.5 Å². The number of carbonyl (C=O) groups is 3. The first kappa shape index (κ1) is 16.6. The van der Waals surface area contributed by atoms with Crippen molar-refractivity contribution in [3.8, 4) is 0 Å². The summed E-state index contributed by atoms with van der Waals surface area (Å²) < 4.78 is 0. The van der Waals surface area contributed by atoms with E-state index >= 15 is 0 Å². The molecule has 0 fully saturated rings. The second-order valence-electron chi connectivity index (χ2n) is 3.86. The van der Waals surface area contributed by atoms with Crippen molar-refractivity contribution in [2.75, 3.05) is 12.0 Å². The monoisotopic (exact) mass is 277 g/mol. The molecule has 7 nitrogen and oxygen atoms in total. The highest BCUT2D eigenvalue weighted by Crippen LogP contribution is 2.01. The molecule has 0 aliphatic rings. The summed E-state index contributed by atoms with van der Waals surface area (Å²) in [7, 11) is 0. The van der Waals surface area contributed by atoms with Gasteiger partial charge in [-0.05, 0) is 25.4 Å². The van der Waals surface area contributed by atoms with E-state index in [9.17, 15) is 14.4 Å². The second kappa shape index (κ2) is 8.62. The standard InChI is InChI=1S/C10H19N3O4S/c1-6(5-8(11)14)12-10(17)13-7(9(15)16)3-4-18-2/h6-7H,3-5H2,1-2H3,(H2,11,14)(H,15,16)(H2,12,13,17)/t6?,7-/m1/s1. The van der Waals surface area contributed by atoms with Gasteiger partial charge in [-0.2, -0.15) is 11.8 Å². The lowest BCUT2D eigenvalue weighted by Gasteiger charge is -2.17. The van der Waals surface area contributed by atoms with Gasteiger partial charge in [-0.15, -0.1) is 0 Å². The van der Waals surface area contributed by atoms with Crippen molar-refractivity contribution in [2.24, 2.45) is 5.73 Å². The van der Waals surface area contributed by atoms with Crippen LogP contribution in [0.25, 0.3) is 0 Å². The van der Waals surface area contributed by atoms with Crippen LogP contribution in [0.5, 0.6) is 0 Å². The van der Waals surface area contributed by atoms with Crippen LogP contribution in [-0.4, -0.2) is 47.1 Å². The third-order valence-electron chi connectivity index (χ3n) is 2.10. The van der Waals surface area contributed by atoms with Crippen molar-refractivity contribution in [3.63, 3.8) is 0 Å². The molecule has 5 N–H and O–H groups in total. The van der Waals surface area contributed by atoms with Crippen LogP contribution in [0.4, 0.5) is 4.79 Å². The number of carboxylic acid groups (broad SMARTS) is 1. The molecular weight excluding hydrogens is 258 g/mol. The number of primary amides is 1. The molecule has 1 unspecified atom stereocenters. The van der Waals surface area contributed by atoms with Crippen molar-refractivity contribution in [2.45, 2.75) is 31.8 Å². The van der Waals surface area contributed by atoms with Gasteiger partial charge in [0.2, 0.25) is 5.91 Å². The first-order valence-corrected chi connectivity index (χ1v) is 6.83. The fourth-order valence-corrected chi connectivity index (χ4v) is 1.74. The first-order valence-electron chi connectivity index (χ1n) is 5.44. The van der Waals surface area contributed by atoms with Gasteiger partial charge in [0.1, 0.15) is 6.04 Å². The van der Waals surface area contributed by atoms with Crippen LogP contribution in [0.2, 0.25) is 0 Å². The quantitative estimate of drug-likeness (QED) is 0.487. The van der Waals surface area contributed by atoms with E-state index in [1.165, 1.54) is 11.8 Å². The molecule has 0 aliphatic carbocycles. The third-order valence-corrected chi connectivity index (χ3v) is 2.74. The number of rotatable bonds is 8. The fourth-order valence-electron chi connectivity index (χ4n) is 1.27. The molecule has 18 heavy (non-hydrogen) atoms. The average molecular weight is 277 g/mol. The van der Waals surface area contributed by atoms with Crippen molar-refractivity contribution in [1.29, 1.82) is 0 Å². The molecule has 0 radical (unpaired) electrons. The zero-order chi connectivity index (χ0) is 14.1. The normalized spacial score (nSPS) is 13.4. The second-order valence-corrected chi connectivity index (χ2v) is 4.85. The van der Waals surface area contributed by atoms with Crippen LogP contribution in [-0.2, 0) is 9.59 Å². The zero-order valence-electron chi connectivity index (χ0n) is 10.4. The van der Waals surface area contributed by atoms with Gasteiger partial charge in [-0.1, -0.05) is 0 Å². The van der Waals surface area contributed by atoms with Crippen molar-refractivity contribution >= 4 is 29.7 Å². The van der Waals surface area contributed by atoms with E-state index in [1.54, 1.807) is 6.92 Å². The number of carboxylic acids is 1. The average Bonchev–Trinajstić information content (AvgIpc) is 2.22. The lowest BCUT2D eigenvalue weighted by molar-refractivity contribution is -0.139. The Hall–Kier alpha value is -1.44. The topological polar surface area (TPSA) is 122 Å². The number of thioether (sulfide) groups is 1. The van der Waals surface area contributed by atoms with E-state index in [1.807, 2.05) is 6.26 Å². The van der Waals surface area contributed by atoms with Crippen LogP contribution >= 0.6 is 11.8 Å². The number of nitrogens with two attached hydrogens (primary N) is 1. The van der Waals surface area contributed by atoms with Crippen LogP contribution in [0.3, 0.4) is 0 Å². The van der Waals surface area contributed by atoms with Gasteiger partial charge in [0.05, 0.1) is 0 Å². The highest BCUT2D eigenvalue weighted by molar-refractivity contribution is 7.98. The molecule has 2 atom stereocenters. The first-order chi connectivity index (χ1) is 8.36. The molecule has 0 bridgehead atoms. The smallest absolute Gasteiger partial charge is 0.326 e. The number of amides is 3. The summed E-state index contributed by atoms with van der Waals surface area (Å²) in [5.41, 5.74) is 4.98. The van der Waals surface area contributed by atoms with E-state index in [-0.39, 0.29) is 6.42 Å². The third kappa shape index (κ3) is 7.77. The predicted molar refractivity (Wildman–Crippen MR) is 69.4 cm³/mol. The van der Waals surface area contributed by atoms with Gasteiger partial charge in [0.15, 0.2) is 0 Å². The molecule has 0 aromatic carbocycles. The summed E-state index contributed by atoms with van der Waals surface area (Å²) in [4.78, 5) is 33.0. The maximum absolute atomic E-state index is 11.5. The molecule has 0 aromatic heterocycles. The SMILES string of the molecule is CSCC[C@@H](NC(=O)NC(C)CC(N)=O)C(=O)O. The summed E-state index contributed by atoms with van der Waals surface area (Å²) in [6, 6.07) is -1.98. The minimum Gasteiger partial charge on any atom is -0.480 e. The Labute approximate surface area is 110 Å². The molecule has 8 heteroatoms. The number of aliphatic carboxylic acids is 1. The Morgan fingerprint density at radius 2 is 1.94 bits per heavy atom. The predicted octanol–water partition coefficient (Wildman–Crippen LogP) is -0.244. The van der Waals surface area contributed by atoms with Crippen molar-refractivity contribution in [1.82, 2.24) is 10.6 Å². The van der Waals surface area contributed by atoms with Crippen LogP contribution in [0, 0.1) is 0 Å².